The Balaban J connectivity index is 1.41. The quantitative estimate of drug-likeness (QED) is 0.705. The number of nitrogens with zero attached hydrogens (tertiary/aromatic N) is 1. The summed E-state index contributed by atoms with van der Waals surface area (Å²) in [6.45, 7) is 1.41. The molecule has 3 aromatic rings. The molecule has 0 aliphatic carbocycles. The van der Waals surface area contributed by atoms with Gasteiger partial charge in [-0.1, -0.05) is 24.3 Å². The van der Waals surface area contributed by atoms with Gasteiger partial charge >= 0.3 is 5.97 Å². The van der Waals surface area contributed by atoms with Gasteiger partial charge in [-0.2, -0.15) is 0 Å². The summed E-state index contributed by atoms with van der Waals surface area (Å²) in [6.07, 6.45) is 1.53. The van der Waals surface area contributed by atoms with Gasteiger partial charge in [0.1, 0.15) is 12.1 Å². The largest absolute Gasteiger partial charge is 0.464 e. The molecule has 0 unspecified atom stereocenters. The first kappa shape index (κ1) is 17.8. The molecule has 0 spiro atoms. The van der Waals surface area contributed by atoms with E-state index in [1.54, 1.807) is 24.3 Å². The lowest BCUT2D eigenvalue weighted by Gasteiger charge is -2.28. The van der Waals surface area contributed by atoms with Crippen LogP contribution in [0, 0.1) is 6.92 Å². The molecule has 1 aliphatic heterocycles. The third kappa shape index (κ3) is 3.46. The molecule has 7 heteroatoms. The third-order valence-electron chi connectivity index (χ3n) is 4.57. The molecule has 0 fully saturated rings. The number of amides is 2. The zero-order valence-electron chi connectivity index (χ0n) is 15.2. The summed E-state index contributed by atoms with van der Waals surface area (Å²) in [6, 6.07) is 12.7. The number of para-hydroxylation sites is 2. The van der Waals surface area contributed by atoms with Gasteiger partial charge in [-0.3, -0.25) is 19.3 Å². The summed E-state index contributed by atoms with van der Waals surface area (Å²) in [5.74, 6) is -1.28. The second-order valence-corrected chi connectivity index (χ2v) is 6.64. The molecular weight excluding hydrogens is 360 g/mol. The second kappa shape index (κ2) is 7.19. The van der Waals surface area contributed by atoms with Crippen LogP contribution in [0.1, 0.15) is 11.1 Å². The van der Waals surface area contributed by atoms with Gasteiger partial charge < -0.3 is 14.5 Å². The molecule has 142 valence electrons. The van der Waals surface area contributed by atoms with Gasteiger partial charge in [0.15, 0.2) is 6.61 Å². The molecule has 7 nitrogen and oxygen atoms in total. The number of anilines is 2. The van der Waals surface area contributed by atoms with Gasteiger partial charge in [0.2, 0.25) is 5.91 Å². The maximum Gasteiger partial charge on any atom is 0.310 e. The number of aryl methyl sites for hydroxylation is 1. The first-order valence-electron chi connectivity index (χ1n) is 8.83. The number of hydrogen-bond donors (Lipinski definition) is 1. The number of benzene rings is 2. The van der Waals surface area contributed by atoms with E-state index < -0.39 is 18.5 Å². The fourth-order valence-corrected chi connectivity index (χ4v) is 3.21. The summed E-state index contributed by atoms with van der Waals surface area (Å²) >= 11 is 0. The van der Waals surface area contributed by atoms with E-state index in [-0.39, 0.29) is 18.9 Å². The molecule has 2 aromatic carbocycles. The summed E-state index contributed by atoms with van der Waals surface area (Å²) in [5, 5.41) is 3.55. The molecule has 2 amide bonds. The van der Waals surface area contributed by atoms with E-state index in [0.717, 1.165) is 10.9 Å². The lowest BCUT2D eigenvalue weighted by molar-refractivity contribution is -0.147. The van der Waals surface area contributed by atoms with E-state index in [2.05, 4.69) is 5.32 Å². The van der Waals surface area contributed by atoms with Crippen LogP contribution in [0.15, 0.2) is 53.1 Å². The van der Waals surface area contributed by atoms with E-state index in [0.29, 0.717) is 22.5 Å². The number of fused-ring (bicyclic) bond motifs is 2. The molecule has 1 aromatic heterocycles. The summed E-state index contributed by atoms with van der Waals surface area (Å²) in [7, 11) is 0. The van der Waals surface area contributed by atoms with Gasteiger partial charge in [-0.15, -0.1) is 0 Å². The Morgan fingerprint density at radius 2 is 2.04 bits per heavy atom. The van der Waals surface area contributed by atoms with Gasteiger partial charge in [0.25, 0.3) is 5.91 Å². The topological polar surface area (TPSA) is 88.9 Å². The Morgan fingerprint density at radius 3 is 2.89 bits per heavy atom. The van der Waals surface area contributed by atoms with E-state index in [9.17, 15) is 14.4 Å². The van der Waals surface area contributed by atoms with Crippen molar-refractivity contribution < 1.29 is 23.5 Å². The number of esters is 1. The van der Waals surface area contributed by atoms with Gasteiger partial charge in [-0.05, 0) is 30.7 Å². The molecular formula is C21H18N2O5. The van der Waals surface area contributed by atoms with Crippen molar-refractivity contribution in [2.24, 2.45) is 0 Å². The first-order chi connectivity index (χ1) is 13.5. The molecule has 4 rings (SSSR count). The Labute approximate surface area is 160 Å². The van der Waals surface area contributed by atoms with Crippen molar-refractivity contribution in [2.45, 2.75) is 13.3 Å². The number of furan rings is 1. The molecule has 2 heterocycles. The Morgan fingerprint density at radius 1 is 1.21 bits per heavy atom. The molecule has 1 N–H and O–H groups in total. The van der Waals surface area contributed by atoms with Crippen molar-refractivity contribution in [2.75, 3.05) is 23.4 Å². The molecule has 1 aliphatic rings. The van der Waals surface area contributed by atoms with Crippen LogP contribution in [0.4, 0.5) is 11.4 Å². The summed E-state index contributed by atoms with van der Waals surface area (Å²) < 4.78 is 10.6. The second-order valence-electron chi connectivity index (χ2n) is 6.64. The first-order valence-corrected chi connectivity index (χ1v) is 8.83. The predicted octanol–water partition coefficient (Wildman–Crippen LogP) is 2.81. The smallest absolute Gasteiger partial charge is 0.310 e. The van der Waals surface area contributed by atoms with Crippen LogP contribution in [-0.2, 0) is 25.5 Å². The lowest BCUT2D eigenvalue weighted by atomic mass is 10.1. The van der Waals surface area contributed by atoms with E-state index in [1.165, 1.54) is 11.2 Å². The highest BCUT2D eigenvalue weighted by Gasteiger charge is 2.27. The predicted molar refractivity (Wildman–Crippen MR) is 103 cm³/mol. The zero-order chi connectivity index (χ0) is 19.7. The number of carbonyl (C=O) groups is 3. The van der Waals surface area contributed by atoms with Crippen molar-refractivity contribution in [1.29, 1.82) is 0 Å². The number of carbonyl (C=O) groups excluding carboxylic acids is 3. The maximum absolute atomic E-state index is 12.5. The minimum Gasteiger partial charge on any atom is -0.464 e. The van der Waals surface area contributed by atoms with Crippen molar-refractivity contribution in [3.05, 3.63) is 59.9 Å². The van der Waals surface area contributed by atoms with Gasteiger partial charge in [0.05, 0.1) is 24.1 Å². The Bertz CT molecular complexity index is 1090. The van der Waals surface area contributed by atoms with Crippen LogP contribution in [0.3, 0.4) is 0 Å². The van der Waals surface area contributed by atoms with Crippen LogP contribution >= 0.6 is 0 Å². The lowest BCUT2D eigenvalue weighted by Crippen LogP contribution is -2.44. The minimum atomic E-state index is -0.536. The van der Waals surface area contributed by atoms with E-state index in [1.807, 2.05) is 25.1 Å². The van der Waals surface area contributed by atoms with E-state index >= 15 is 0 Å². The van der Waals surface area contributed by atoms with Gasteiger partial charge in [-0.25, -0.2) is 0 Å². The minimum absolute atomic E-state index is 0.000411. The normalized spacial score (nSPS) is 13.2. The number of ether oxygens (including phenoxy) is 1. The molecule has 0 saturated heterocycles. The molecule has 28 heavy (non-hydrogen) atoms. The molecule has 0 atom stereocenters. The van der Waals surface area contributed by atoms with Crippen LogP contribution in [0.25, 0.3) is 11.0 Å². The highest BCUT2D eigenvalue weighted by Crippen LogP contribution is 2.29. The third-order valence-corrected chi connectivity index (χ3v) is 4.57. The molecule has 0 bridgehead atoms. The number of hydrogen-bond acceptors (Lipinski definition) is 5. The van der Waals surface area contributed by atoms with Gasteiger partial charge in [0, 0.05) is 10.9 Å². The van der Waals surface area contributed by atoms with Crippen molar-refractivity contribution in [3.63, 3.8) is 0 Å². The highest BCUT2D eigenvalue weighted by atomic mass is 16.5. The van der Waals surface area contributed by atoms with Crippen molar-refractivity contribution in [1.82, 2.24) is 0 Å². The maximum atomic E-state index is 12.5. The average Bonchev–Trinajstić information content (AvgIpc) is 3.07. The SMILES string of the molecule is Cc1ccc2c(CC(=O)OCC(=O)N3CC(=O)Nc4ccccc43)coc2c1. The number of rotatable bonds is 4. The standard InChI is InChI=1S/C21H18N2O5/c1-13-6-7-15-14(11-27-18(15)8-13)9-21(26)28-12-20(25)23-10-19(24)22-16-4-2-3-5-17(16)23/h2-8,11H,9-10,12H2,1H3,(H,22,24). The van der Waals surface area contributed by atoms with Crippen LogP contribution in [0.5, 0.6) is 0 Å². The van der Waals surface area contributed by atoms with Crippen molar-refractivity contribution >= 4 is 40.1 Å². The summed E-state index contributed by atoms with van der Waals surface area (Å²) in [5.41, 5.74) is 3.61. The molecule has 0 radical (unpaired) electrons. The highest BCUT2D eigenvalue weighted by molar-refractivity contribution is 6.10. The monoisotopic (exact) mass is 378 g/mol. The fraction of sp³-hybridized carbons (Fsp3) is 0.190. The molecule has 0 saturated carbocycles. The van der Waals surface area contributed by atoms with Crippen LogP contribution in [0.2, 0.25) is 0 Å². The summed E-state index contributed by atoms with van der Waals surface area (Å²) in [4.78, 5) is 37.9. The zero-order valence-corrected chi connectivity index (χ0v) is 15.2. The Kier molecular flexibility index (Phi) is 4.57. The Hall–Kier alpha value is -3.61. The van der Waals surface area contributed by atoms with Crippen LogP contribution < -0.4 is 10.2 Å². The number of nitrogens with one attached hydrogen (secondary N) is 1. The van der Waals surface area contributed by atoms with Crippen molar-refractivity contribution in [3.8, 4) is 0 Å². The van der Waals surface area contributed by atoms with E-state index in [4.69, 9.17) is 9.15 Å². The average molecular weight is 378 g/mol. The fourth-order valence-electron chi connectivity index (χ4n) is 3.21. The van der Waals surface area contributed by atoms with Crippen LogP contribution in [-0.4, -0.2) is 30.9 Å².